The number of carbonyl (C=O) groups is 1. The van der Waals surface area contributed by atoms with Gasteiger partial charge in [-0.25, -0.2) is 0 Å². The van der Waals surface area contributed by atoms with E-state index in [1.807, 2.05) is 36.4 Å². The third-order valence-corrected chi connectivity index (χ3v) is 5.00. The van der Waals surface area contributed by atoms with Gasteiger partial charge >= 0.3 is 0 Å². The van der Waals surface area contributed by atoms with Crippen LogP contribution in [0.2, 0.25) is 5.02 Å². The quantitative estimate of drug-likeness (QED) is 0.601. The Balaban J connectivity index is 1.79. The number of halogens is 2. The zero-order valence-corrected chi connectivity index (χ0v) is 15.0. The minimum Gasteiger partial charge on any atom is -0.467 e. The standard InChI is InChI=1S/C17H15Cl2NO3S/c18-7-16(21)20-14-3-1-2-4-15(14)24-9-12-6-13(19)5-11-8-22-10-23-17(11)12/h1-6H,7-10H2,(H,20,21). The zero-order valence-electron chi connectivity index (χ0n) is 12.7. The van der Waals surface area contributed by atoms with Crippen LogP contribution in [0.15, 0.2) is 41.3 Å². The van der Waals surface area contributed by atoms with E-state index in [2.05, 4.69) is 5.32 Å². The summed E-state index contributed by atoms with van der Waals surface area (Å²) in [7, 11) is 0. The molecule has 7 heteroatoms. The molecular weight excluding hydrogens is 369 g/mol. The largest absolute Gasteiger partial charge is 0.467 e. The minimum atomic E-state index is -0.231. The first-order chi connectivity index (χ1) is 11.7. The second-order valence-corrected chi connectivity index (χ2v) is 6.85. The molecule has 1 heterocycles. The van der Waals surface area contributed by atoms with Gasteiger partial charge in [-0.15, -0.1) is 23.4 Å². The first-order valence-corrected chi connectivity index (χ1v) is 9.16. The maximum absolute atomic E-state index is 11.5. The molecule has 2 aromatic carbocycles. The lowest BCUT2D eigenvalue weighted by Gasteiger charge is -2.21. The summed E-state index contributed by atoms with van der Waals surface area (Å²) in [5.41, 5.74) is 2.70. The number of thioether (sulfide) groups is 1. The highest BCUT2D eigenvalue weighted by atomic mass is 35.5. The molecule has 1 N–H and O–H groups in total. The second-order valence-electron chi connectivity index (χ2n) is 5.13. The normalized spacial score (nSPS) is 13.1. The van der Waals surface area contributed by atoms with Crippen molar-refractivity contribution in [2.24, 2.45) is 0 Å². The SMILES string of the molecule is O=C(CCl)Nc1ccccc1SCc1cc(Cl)cc2c1OCOC2. The molecule has 0 saturated carbocycles. The van der Waals surface area contributed by atoms with Crippen LogP contribution in [0, 0.1) is 0 Å². The molecule has 1 aliphatic heterocycles. The highest BCUT2D eigenvalue weighted by molar-refractivity contribution is 7.98. The van der Waals surface area contributed by atoms with Crippen molar-refractivity contribution in [1.29, 1.82) is 0 Å². The average Bonchev–Trinajstić information content (AvgIpc) is 2.60. The Hall–Kier alpha value is -1.40. The van der Waals surface area contributed by atoms with E-state index >= 15 is 0 Å². The van der Waals surface area contributed by atoms with Crippen LogP contribution in [-0.2, 0) is 21.9 Å². The molecule has 126 valence electrons. The third kappa shape index (κ3) is 4.16. The van der Waals surface area contributed by atoms with Gasteiger partial charge in [0.1, 0.15) is 11.6 Å². The van der Waals surface area contributed by atoms with E-state index in [0.717, 1.165) is 27.5 Å². The number of hydrogen-bond donors (Lipinski definition) is 1. The van der Waals surface area contributed by atoms with Gasteiger partial charge in [-0.1, -0.05) is 23.7 Å². The topological polar surface area (TPSA) is 47.6 Å². The van der Waals surface area contributed by atoms with E-state index in [-0.39, 0.29) is 18.6 Å². The molecule has 0 fully saturated rings. The van der Waals surface area contributed by atoms with Gasteiger partial charge in [0.05, 0.1) is 12.3 Å². The molecule has 0 unspecified atom stereocenters. The predicted octanol–water partition coefficient (Wildman–Crippen LogP) is 4.68. The van der Waals surface area contributed by atoms with E-state index in [1.165, 1.54) is 0 Å². The molecule has 24 heavy (non-hydrogen) atoms. The molecule has 4 nitrogen and oxygen atoms in total. The Labute approximate surface area is 154 Å². The fourth-order valence-electron chi connectivity index (χ4n) is 2.40. The van der Waals surface area contributed by atoms with Gasteiger partial charge in [-0.3, -0.25) is 4.79 Å². The minimum absolute atomic E-state index is 0.0748. The second kappa shape index (κ2) is 8.12. The number of carbonyl (C=O) groups excluding carboxylic acids is 1. The average molecular weight is 384 g/mol. The molecule has 1 amide bonds. The summed E-state index contributed by atoms with van der Waals surface area (Å²) in [6.45, 7) is 0.741. The fourth-order valence-corrected chi connectivity index (χ4v) is 3.70. The number of fused-ring (bicyclic) bond motifs is 1. The number of hydrogen-bond acceptors (Lipinski definition) is 4. The molecule has 0 aromatic heterocycles. The van der Waals surface area contributed by atoms with Crippen molar-refractivity contribution in [2.75, 3.05) is 18.0 Å². The van der Waals surface area contributed by atoms with Crippen LogP contribution in [0.1, 0.15) is 11.1 Å². The monoisotopic (exact) mass is 383 g/mol. The molecule has 0 spiro atoms. The van der Waals surface area contributed by atoms with Gasteiger partial charge in [0.25, 0.3) is 0 Å². The Bertz CT molecular complexity index is 755. The summed E-state index contributed by atoms with van der Waals surface area (Å²) in [5, 5.41) is 3.46. The molecule has 0 atom stereocenters. The summed E-state index contributed by atoms with van der Waals surface area (Å²) in [5.74, 6) is 1.19. The van der Waals surface area contributed by atoms with E-state index in [9.17, 15) is 4.79 Å². The highest BCUT2D eigenvalue weighted by Gasteiger charge is 2.17. The zero-order chi connectivity index (χ0) is 16.9. The number of amides is 1. The number of para-hydroxylation sites is 1. The maximum Gasteiger partial charge on any atom is 0.239 e. The van der Waals surface area contributed by atoms with Crippen molar-refractivity contribution in [2.45, 2.75) is 17.3 Å². The summed E-state index contributed by atoms with van der Waals surface area (Å²) in [4.78, 5) is 12.5. The summed E-state index contributed by atoms with van der Waals surface area (Å²) in [6.07, 6.45) is 0. The first kappa shape index (κ1) is 17.4. The first-order valence-electron chi connectivity index (χ1n) is 7.27. The molecule has 0 saturated heterocycles. The molecule has 0 radical (unpaired) electrons. The Morgan fingerprint density at radius 2 is 2.12 bits per heavy atom. The molecule has 0 bridgehead atoms. The lowest BCUT2D eigenvalue weighted by Crippen LogP contribution is -2.13. The van der Waals surface area contributed by atoms with Crippen molar-refractivity contribution in [1.82, 2.24) is 0 Å². The molecule has 0 aliphatic carbocycles. The smallest absolute Gasteiger partial charge is 0.239 e. The summed E-state index contributed by atoms with van der Waals surface area (Å²) < 4.78 is 10.9. The number of anilines is 1. The van der Waals surface area contributed by atoms with E-state index < -0.39 is 0 Å². The van der Waals surface area contributed by atoms with Crippen molar-refractivity contribution in [3.8, 4) is 5.75 Å². The number of nitrogens with one attached hydrogen (secondary N) is 1. The number of alkyl halides is 1. The maximum atomic E-state index is 11.5. The Morgan fingerprint density at radius 1 is 1.29 bits per heavy atom. The van der Waals surface area contributed by atoms with Crippen molar-refractivity contribution < 1.29 is 14.3 Å². The van der Waals surface area contributed by atoms with Crippen LogP contribution >= 0.6 is 35.0 Å². The number of ether oxygens (including phenoxy) is 2. The van der Waals surface area contributed by atoms with E-state index in [4.69, 9.17) is 32.7 Å². The van der Waals surface area contributed by atoms with E-state index in [0.29, 0.717) is 17.4 Å². The lowest BCUT2D eigenvalue weighted by atomic mass is 10.1. The Morgan fingerprint density at radius 3 is 2.96 bits per heavy atom. The van der Waals surface area contributed by atoms with Crippen LogP contribution in [0.3, 0.4) is 0 Å². The van der Waals surface area contributed by atoms with Crippen molar-refractivity contribution >= 4 is 46.6 Å². The van der Waals surface area contributed by atoms with Gasteiger partial charge in [0.15, 0.2) is 6.79 Å². The van der Waals surface area contributed by atoms with Crippen LogP contribution in [0.5, 0.6) is 5.75 Å². The summed E-state index contributed by atoms with van der Waals surface area (Å²) >= 11 is 13.3. The predicted molar refractivity (Wildman–Crippen MR) is 97.1 cm³/mol. The van der Waals surface area contributed by atoms with Crippen LogP contribution < -0.4 is 10.1 Å². The fraction of sp³-hybridized carbons (Fsp3) is 0.235. The number of benzene rings is 2. The van der Waals surface area contributed by atoms with Gasteiger partial charge in [0, 0.05) is 26.8 Å². The van der Waals surface area contributed by atoms with Crippen LogP contribution in [0.25, 0.3) is 0 Å². The van der Waals surface area contributed by atoms with E-state index in [1.54, 1.807) is 11.8 Å². The highest BCUT2D eigenvalue weighted by Crippen LogP contribution is 2.37. The third-order valence-electron chi connectivity index (χ3n) is 3.42. The Kier molecular flexibility index (Phi) is 5.89. The molecule has 3 rings (SSSR count). The van der Waals surface area contributed by atoms with Gasteiger partial charge in [-0.05, 0) is 24.3 Å². The van der Waals surface area contributed by atoms with Crippen LogP contribution in [0.4, 0.5) is 5.69 Å². The summed E-state index contributed by atoms with van der Waals surface area (Å²) in [6, 6.07) is 11.4. The van der Waals surface area contributed by atoms with Crippen LogP contribution in [-0.4, -0.2) is 18.6 Å². The molecule has 2 aromatic rings. The van der Waals surface area contributed by atoms with Gasteiger partial charge in [-0.2, -0.15) is 0 Å². The van der Waals surface area contributed by atoms with Crippen molar-refractivity contribution in [3.63, 3.8) is 0 Å². The van der Waals surface area contributed by atoms with Gasteiger partial charge in [0.2, 0.25) is 5.91 Å². The number of rotatable bonds is 5. The molecular formula is C17H15Cl2NO3S. The lowest BCUT2D eigenvalue weighted by molar-refractivity contribution is -0.113. The van der Waals surface area contributed by atoms with Gasteiger partial charge < -0.3 is 14.8 Å². The molecule has 1 aliphatic rings. The van der Waals surface area contributed by atoms with Crippen molar-refractivity contribution in [3.05, 3.63) is 52.5 Å².